The van der Waals surface area contributed by atoms with Crippen LogP contribution in [0, 0.1) is 16.7 Å². The normalized spacial score (nSPS) is 21.1. The number of fused-ring (bicyclic) bond motifs is 1. The van der Waals surface area contributed by atoms with Gasteiger partial charge in [-0.1, -0.05) is 39.8 Å². The second-order valence-electron chi connectivity index (χ2n) is 6.41. The van der Waals surface area contributed by atoms with Crippen LogP contribution in [0.5, 0.6) is 0 Å². The lowest BCUT2D eigenvalue weighted by Crippen LogP contribution is -2.07. The molecule has 96 valence electrons. The second-order valence-corrected chi connectivity index (χ2v) is 7.18. The largest absolute Gasteiger partial charge is 0.375 e. The first-order valence-electron chi connectivity index (χ1n) is 6.53. The van der Waals surface area contributed by atoms with Crippen molar-refractivity contribution in [1.82, 2.24) is 4.37 Å². The molecule has 1 fully saturated rings. The Balaban J connectivity index is 1.75. The van der Waals surface area contributed by atoms with Crippen molar-refractivity contribution in [1.29, 1.82) is 0 Å². The molecule has 1 aromatic heterocycles. The Morgan fingerprint density at radius 1 is 1.17 bits per heavy atom. The molecule has 1 N–H and O–H groups in total. The van der Waals surface area contributed by atoms with Gasteiger partial charge < -0.3 is 5.32 Å². The van der Waals surface area contributed by atoms with E-state index >= 15 is 0 Å². The van der Waals surface area contributed by atoms with E-state index in [0.29, 0.717) is 10.8 Å². The van der Waals surface area contributed by atoms with Gasteiger partial charge in [-0.2, -0.15) is 4.37 Å². The predicted molar refractivity (Wildman–Crippen MR) is 79.2 cm³/mol. The van der Waals surface area contributed by atoms with Gasteiger partial charge in [-0.3, -0.25) is 0 Å². The molecule has 3 heteroatoms. The first-order chi connectivity index (χ1) is 8.44. The number of nitrogens with one attached hydrogen (secondary N) is 1. The quantitative estimate of drug-likeness (QED) is 0.885. The summed E-state index contributed by atoms with van der Waals surface area (Å²) in [5.41, 5.74) is 1.99. The molecule has 0 radical (unpaired) electrons. The van der Waals surface area contributed by atoms with Crippen molar-refractivity contribution in [3.05, 3.63) is 24.3 Å². The van der Waals surface area contributed by atoms with E-state index in [0.717, 1.165) is 18.0 Å². The molecule has 0 spiro atoms. The Kier molecular flexibility index (Phi) is 2.46. The van der Waals surface area contributed by atoms with Crippen LogP contribution in [0.2, 0.25) is 0 Å². The second kappa shape index (κ2) is 3.70. The van der Waals surface area contributed by atoms with Crippen LogP contribution in [0.1, 0.15) is 27.7 Å². The lowest BCUT2D eigenvalue weighted by molar-refractivity contribution is 0.457. The van der Waals surface area contributed by atoms with Crippen LogP contribution in [0.3, 0.4) is 0 Å². The zero-order valence-electron chi connectivity index (χ0n) is 11.4. The summed E-state index contributed by atoms with van der Waals surface area (Å²) in [4.78, 5) is 0. The van der Waals surface area contributed by atoms with E-state index in [9.17, 15) is 0 Å². The molecule has 2 nitrogen and oxygen atoms in total. The highest BCUT2D eigenvalue weighted by Gasteiger charge is 2.64. The first-order valence-corrected chi connectivity index (χ1v) is 7.30. The SMILES string of the molecule is CC1(C)C(CNc2snc3ccccc23)C1(C)C. The fraction of sp³-hybridized carbons (Fsp3) is 0.533. The van der Waals surface area contributed by atoms with Crippen LogP contribution in [-0.2, 0) is 0 Å². The summed E-state index contributed by atoms with van der Waals surface area (Å²) >= 11 is 1.57. The van der Waals surface area contributed by atoms with Crippen LogP contribution < -0.4 is 5.32 Å². The summed E-state index contributed by atoms with van der Waals surface area (Å²) < 4.78 is 4.47. The minimum atomic E-state index is 0.445. The number of aromatic nitrogens is 1. The molecule has 1 heterocycles. The molecule has 0 unspecified atom stereocenters. The highest BCUT2D eigenvalue weighted by Crippen LogP contribution is 2.68. The van der Waals surface area contributed by atoms with Crippen LogP contribution in [0.25, 0.3) is 10.9 Å². The summed E-state index contributed by atoms with van der Waals surface area (Å²) in [6.45, 7) is 10.5. The van der Waals surface area contributed by atoms with E-state index in [-0.39, 0.29) is 0 Å². The molecule has 18 heavy (non-hydrogen) atoms. The van der Waals surface area contributed by atoms with Crippen LogP contribution in [-0.4, -0.2) is 10.9 Å². The maximum Gasteiger partial charge on any atom is 0.117 e. The molecule has 0 aliphatic heterocycles. The van der Waals surface area contributed by atoms with Crippen molar-refractivity contribution in [3.8, 4) is 0 Å². The lowest BCUT2D eigenvalue weighted by atomic mass is 10.0. The maximum atomic E-state index is 4.47. The fourth-order valence-corrected chi connectivity index (χ4v) is 3.82. The molecular weight excluding hydrogens is 240 g/mol. The number of hydrogen-bond donors (Lipinski definition) is 1. The van der Waals surface area contributed by atoms with Gasteiger partial charge in [0.25, 0.3) is 0 Å². The van der Waals surface area contributed by atoms with Gasteiger partial charge in [-0.15, -0.1) is 0 Å². The van der Waals surface area contributed by atoms with Crippen molar-refractivity contribution >= 4 is 27.4 Å². The molecule has 0 saturated heterocycles. The van der Waals surface area contributed by atoms with Crippen molar-refractivity contribution in [2.24, 2.45) is 16.7 Å². The van der Waals surface area contributed by atoms with Gasteiger partial charge in [-0.25, -0.2) is 0 Å². The summed E-state index contributed by atoms with van der Waals surface area (Å²) in [5.74, 6) is 0.742. The van der Waals surface area contributed by atoms with Crippen molar-refractivity contribution in [2.75, 3.05) is 11.9 Å². The minimum Gasteiger partial charge on any atom is -0.375 e. The molecule has 0 atom stereocenters. The summed E-state index contributed by atoms with van der Waals surface area (Å²) in [5, 5.41) is 6.06. The lowest BCUT2D eigenvalue weighted by Gasteiger charge is -2.05. The smallest absolute Gasteiger partial charge is 0.117 e. The third kappa shape index (κ3) is 1.57. The number of nitrogens with zero attached hydrogens (tertiary/aromatic N) is 1. The average Bonchev–Trinajstić information content (AvgIpc) is 2.67. The topological polar surface area (TPSA) is 24.9 Å². The molecule has 2 aromatic rings. The van der Waals surface area contributed by atoms with Crippen LogP contribution >= 0.6 is 11.5 Å². The summed E-state index contributed by atoms with van der Waals surface area (Å²) in [6.07, 6.45) is 0. The Labute approximate surface area is 113 Å². The van der Waals surface area contributed by atoms with Gasteiger partial charge in [0.05, 0.1) is 5.52 Å². The predicted octanol–water partition coefficient (Wildman–Crippen LogP) is 4.39. The molecule has 3 rings (SSSR count). The zero-order chi connectivity index (χ0) is 13.0. The van der Waals surface area contributed by atoms with Gasteiger partial charge in [0.1, 0.15) is 5.00 Å². The van der Waals surface area contributed by atoms with Gasteiger partial charge >= 0.3 is 0 Å². The van der Waals surface area contributed by atoms with E-state index in [1.165, 1.54) is 10.4 Å². The Hall–Kier alpha value is -1.09. The van der Waals surface area contributed by atoms with Crippen molar-refractivity contribution in [3.63, 3.8) is 0 Å². The third-order valence-corrected chi connectivity index (χ3v) is 6.01. The minimum absolute atomic E-state index is 0.445. The van der Waals surface area contributed by atoms with Gasteiger partial charge in [0.15, 0.2) is 0 Å². The maximum absolute atomic E-state index is 4.47. The molecule has 1 saturated carbocycles. The Morgan fingerprint density at radius 2 is 1.83 bits per heavy atom. The highest BCUT2D eigenvalue weighted by atomic mass is 32.1. The van der Waals surface area contributed by atoms with E-state index in [4.69, 9.17) is 0 Å². The van der Waals surface area contributed by atoms with Gasteiger partial charge in [0, 0.05) is 11.9 Å². The number of benzene rings is 1. The number of anilines is 1. The Bertz CT molecular complexity index is 569. The third-order valence-electron chi connectivity index (χ3n) is 5.17. The molecule has 0 bridgehead atoms. The van der Waals surface area contributed by atoms with Crippen molar-refractivity contribution < 1.29 is 0 Å². The monoisotopic (exact) mass is 260 g/mol. The van der Waals surface area contributed by atoms with E-state index < -0.39 is 0 Å². The number of rotatable bonds is 3. The van der Waals surface area contributed by atoms with Gasteiger partial charge in [0.2, 0.25) is 0 Å². The van der Waals surface area contributed by atoms with Crippen molar-refractivity contribution in [2.45, 2.75) is 27.7 Å². The van der Waals surface area contributed by atoms with E-state index in [1.54, 1.807) is 11.5 Å². The van der Waals surface area contributed by atoms with Crippen LogP contribution in [0.15, 0.2) is 24.3 Å². The van der Waals surface area contributed by atoms with Crippen LogP contribution in [0.4, 0.5) is 5.00 Å². The summed E-state index contributed by atoms with van der Waals surface area (Å²) in [6, 6.07) is 8.33. The van der Waals surface area contributed by atoms with E-state index in [1.807, 2.05) is 6.07 Å². The average molecular weight is 260 g/mol. The molecule has 1 aliphatic carbocycles. The first kappa shape index (κ1) is 12.0. The Morgan fingerprint density at radius 3 is 2.50 bits per heavy atom. The highest BCUT2D eigenvalue weighted by molar-refractivity contribution is 7.11. The van der Waals surface area contributed by atoms with Gasteiger partial charge in [-0.05, 0) is 40.4 Å². The molecule has 0 amide bonds. The molecule has 1 aliphatic rings. The van der Waals surface area contributed by atoms with E-state index in [2.05, 4.69) is 55.6 Å². The summed E-state index contributed by atoms with van der Waals surface area (Å²) in [7, 11) is 0. The number of hydrogen-bond acceptors (Lipinski definition) is 3. The molecule has 1 aromatic carbocycles. The standard InChI is InChI=1S/C15H20N2S/c1-14(2)12(15(14,3)4)9-16-13-10-7-5-6-8-11(10)17-18-13/h5-8,12,16H,9H2,1-4H3. The fourth-order valence-electron chi connectivity index (χ4n) is 3.06. The zero-order valence-corrected chi connectivity index (χ0v) is 12.3. The molecular formula is C15H20N2S.